The Morgan fingerprint density at radius 2 is 1.76 bits per heavy atom. The predicted octanol–water partition coefficient (Wildman–Crippen LogP) is 3.34. The second-order valence-corrected chi connectivity index (χ2v) is 8.99. The topological polar surface area (TPSA) is 94.2 Å². The summed E-state index contributed by atoms with van der Waals surface area (Å²) in [5, 5.41) is 2.80. The molecule has 1 aliphatic rings. The van der Waals surface area contributed by atoms with Gasteiger partial charge in [-0.15, -0.1) is 0 Å². The summed E-state index contributed by atoms with van der Waals surface area (Å²) in [6.07, 6.45) is -0.0119. The molecule has 3 atom stereocenters. The number of Topliss-reactive ketones (excluding diaryl/α,β-unsaturated/α-hetero) is 1. The average Bonchev–Trinajstić information content (AvgIpc) is 3.66. The summed E-state index contributed by atoms with van der Waals surface area (Å²) in [5.41, 5.74) is 2.27. The molecule has 0 bridgehead atoms. The molecule has 0 spiro atoms. The zero-order valence-corrected chi connectivity index (χ0v) is 20.3. The van der Waals surface area contributed by atoms with E-state index in [4.69, 9.17) is 14.2 Å². The van der Waals surface area contributed by atoms with Gasteiger partial charge in [0.05, 0.1) is 19.8 Å². The number of epoxide rings is 1. The number of amides is 1. The number of rotatable bonds is 14. The van der Waals surface area contributed by atoms with Crippen molar-refractivity contribution in [1.29, 1.82) is 0 Å². The third kappa shape index (κ3) is 7.88. The minimum atomic E-state index is -0.896. The highest BCUT2D eigenvalue weighted by Crippen LogP contribution is 2.24. The van der Waals surface area contributed by atoms with Crippen LogP contribution in [0.5, 0.6) is 5.75 Å². The highest BCUT2D eigenvalue weighted by Gasteiger charge is 2.52. The number of aryl methyl sites for hydroxylation is 1. The number of carbonyl (C=O) groups is 3. The highest BCUT2D eigenvalue weighted by atomic mass is 32.2. The van der Waals surface area contributed by atoms with Crippen LogP contribution in [-0.2, 0) is 36.0 Å². The maximum Gasteiger partial charge on any atom is 0.338 e. The van der Waals surface area contributed by atoms with Crippen molar-refractivity contribution in [3.8, 4) is 5.75 Å². The van der Waals surface area contributed by atoms with Crippen LogP contribution in [0, 0.1) is 0 Å². The molecular formula is C26H31NO6S. The van der Waals surface area contributed by atoms with Gasteiger partial charge >= 0.3 is 5.97 Å². The third-order valence-electron chi connectivity index (χ3n) is 5.42. The normalized spacial score (nSPS) is 17.5. The van der Waals surface area contributed by atoms with Gasteiger partial charge in [0, 0.05) is 17.9 Å². The molecule has 0 radical (unpaired) electrons. The van der Waals surface area contributed by atoms with Crippen LogP contribution >= 0.6 is 11.8 Å². The van der Waals surface area contributed by atoms with Crippen LogP contribution in [0.4, 0.5) is 0 Å². The van der Waals surface area contributed by atoms with Gasteiger partial charge in [0.25, 0.3) is 5.91 Å². The third-order valence-corrected chi connectivity index (χ3v) is 6.52. The van der Waals surface area contributed by atoms with Crippen molar-refractivity contribution in [2.75, 3.05) is 19.5 Å². The van der Waals surface area contributed by atoms with Gasteiger partial charge in [0.15, 0.2) is 18.0 Å². The summed E-state index contributed by atoms with van der Waals surface area (Å²) < 4.78 is 15.3. The number of thioether (sulfide) groups is 1. The molecule has 3 rings (SSSR count). The first-order chi connectivity index (χ1) is 16.5. The maximum atomic E-state index is 13.0. The van der Waals surface area contributed by atoms with Crippen LogP contribution in [0.3, 0.4) is 0 Å². The molecule has 1 fully saturated rings. The molecule has 0 saturated carbocycles. The van der Waals surface area contributed by atoms with Crippen LogP contribution < -0.4 is 10.1 Å². The summed E-state index contributed by atoms with van der Waals surface area (Å²) in [6, 6.07) is 17.1. The zero-order valence-electron chi connectivity index (χ0n) is 19.5. The second-order valence-electron chi connectivity index (χ2n) is 7.96. The molecule has 34 heavy (non-hydrogen) atoms. The lowest BCUT2D eigenvalue weighted by molar-refractivity contribution is -0.144. The van der Waals surface area contributed by atoms with E-state index in [1.165, 1.54) is 0 Å². The SMILES string of the molecule is CCOC(=O)[C@H]1O[C@@H]1C(=O)N[C@@H](CSCc1ccccc1)C(=O)CCCc1ccc(OC)cc1. The molecule has 7 nitrogen and oxygen atoms in total. The minimum Gasteiger partial charge on any atom is -0.497 e. The van der Waals surface area contributed by atoms with E-state index in [1.54, 1.807) is 25.8 Å². The van der Waals surface area contributed by atoms with Crippen molar-refractivity contribution in [2.45, 2.75) is 50.2 Å². The summed E-state index contributed by atoms with van der Waals surface area (Å²) in [6.45, 7) is 1.92. The van der Waals surface area contributed by atoms with Crippen LogP contribution in [0.2, 0.25) is 0 Å². The Bertz CT molecular complexity index is 950. The lowest BCUT2D eigenvalue weighted by Crippen LogP contribution is -2.45. The largest absolute Gasteiger partial charge is 0.497 e. The van der Waals surface area contributed by atoms with Gasteiger partial charge in [0.1, 0.15) is 5.75 Å². The fourth-order valence-corrected chi connectivity index (χ4v) is 4.54. The summed E-state index contributed by atoms with van der Waals surface area (Å²) in [5.74, 6) is 0.934. The number of ketones is 1. The van der Waals surface area contributed by atoms with Gasteiger partial charge in [-0.05, 0) is 43.0 Å². The number of methoxy groups -OCH3 is 1. The number of nitrogens with one attached hydrogen (secondary N) is 1. The lowest BCUT2D eigenvalue weighted by atomic mass is 10.0. The van der Waals surface area contributed by atoms with E-state index < -0.39 is 30.1 Å². The van der Waals surface area contributed by atoms with Gasteiger partial charge < -0.3 is 19.5 Å². The first-order valence-corrected chi connectivity index (χ1v) is 12.6. The fraction of sp³-hybridized carbons (Fsp3) is 0.423. The van der Waals surface area contributed by atoms with E-state index in [2.05, 4.69) is 5.32 Å². The van der Waals surface area contributed by atoms with Crippen LogP contribution in [0.25, 0.3) is 0 Å². The lowest BCUT2D eigenvalue weighted by Gasteiger charge is -2.17. The van der Waals surface area contributed by atoms with Gasteiger partial charge in [-0.3, -0.25) is 9.59 Å². The van der Waals surface area contributed by atoms with Crippen molar-refractivity contribution in [2.24, 2.45) is 0 Å². The highest BCUT2D eigenvalue weighted by molar-refractivity contribution is 7.98. The smallest absolute Gasteiger partial charge is 0.338 e. The molecule has 2 aromatic carbocycles. The molecule has 182 valence electrons. The first kappa shape index (κ1) is 25.8. The molecule has 1 amide bonds. The van der Waals surface area contributed by atoms with Gasteiger partial charge in [-0.25, -0.2) is 4.79 Å². The molecule has 1 N–H and O–H groups in total. The second kappa shape index (κ2) is 13.2. The molecule has 8 heteroatoms. The van der Waals surface area contributed by atoms with E-state index in [9.17, 15) is 14.4 Å². The Balaban J connectivity index is 1.53. The van der Waals surface area contributed by atoms with Crippen molar-refractivity contribution in [3.63, 3.8) is 0 Å². The Labute approximate surface area is 204 Å². The molecule has 2 aromatic rings. The zero-order chi connectivity index (χ0) is 24.3. The maximum absolute atomic E-state index is 13.0. The first-order valence-electron chi connectivity index (χ1n) is 11.4. The Morgan fingerprint density at radius 3 is 2.44 bits per heavy atom. The summed E-state index contributed by atoms with van der Waals surface area (Å²) in [7, 11) is 1.62. The molecule has 0 unspecified atom stereocenters. The predicted molar refractivity (Wildman–Crippen MR) is 131 cm³/mol. The molecule has 1 heterocycles. The van der Waals surface area contributed by atoms with E-state index >= 15 is 0 Å². The Hall–Kier alpha value is -2.84. The molecule has 0 aliphatic carbocycles. The van der Waals surface area contributed by atoms with Crippen molar-refractivity contribution < 1.29 is 28.6 Å². The quantitative estimate of drug-likeness (QED) is 0.324. The molecule has 1 saturated heterocycles. The van der Waals surface area contributed by atoms with Crippen molar-refractivity contribution in [3.05, 3.63) is 65.7 Å². The number of benzene rings is 2. The molecule has 1 aliphatic heterocycles. The van der Waals surface area contributed by atoms with Crippen molar-refractivity contribution >= 4 is 29.4 Å². The number of esters is 1. The fourth-order valence-electron chi connectivity index (χ4n) is 3.49. The van der Waals surface area contributed by atoms with Gasteiger partial charge in [0.2, 0.25) is 0 Å². The number of ether oxygens (including phenoxy) is 3. The van der Waals surface area contributed by atoms with E-state index in [0.717, 1.165) is 29.1 Å². The van der Waals surface area contributed by atoms with Crippen molar-refractivity contribution in [1.82, 2.24) is 5.32 Å². The van der Waals surface area contributed by atoms with E-state index in [1.807, 2.05) is 54.6 Å². The summed E-state index contributed by atoms with van der Waals surface area (Å²) in [4.78, 5) is 37.4. The van der Waals surface area contributed by atoms with Gasteiger partial charge in [-0.2, -0.15) is 11.8 Å². The minimum absolute atomic E-state index is 0.0317. The van der Waals surface area contributed by atoms with Gasteiger partial charge in [-0.1, -0.05) is 42.5 Å². The molecular weight excluding hydrogens is 454 g/mol. The van der Waals surface area contributed by atoms with Crippen LogP contribution in [0.15, 0.2) is 54.6 Å². The Morgan fingerprint density at radius 1 is 1.03 bits per heavy atom. The standard InChI is InChI=1S/C26H31NO6S/c1-3-32-26(30)24-23(33-24)25(29)27-21(17-34-16-19-8-5-4-6-9-19)22(28)11-7-10-18-12-14-20(31-2)15-13-18/h4-6,8-9,12-15,21,23-24H,3,7,10-11,16-17H2,1-2H3,(H,27,29)/t21-,23-,24-/m0/s1. The van der Waals surface area contributed by atoms with Crippen LogP contribution in [0.1, 0.15) is 30.9 Å². The Kier molecular flexibility index (Phi) is 9.97. The van der Waals surface area contributed by atoms with E-state index in [0.29, 0.717) is 18.6 Å². The monoisotopic (exact) mass is 485 g/mol. The summed E-state index contributed by atoms with van der Waals surface area (Å²) >= 11 is 1.58. The number of hydrogen-bond acceptors (Lipinski definition) is 7. The average molecular weight is 486 g/mol. The number of hydrogen-bond donors (Lipinski definition) is 1. The van der Waals surface area contributed by atoms with E-state index in [-0.39, 0.29) is 12.4 Å². The number of carbonyl (C=O) groups excluding carboxylic acids is 3. The molecule has 0 aromatic heterocycles. The van der Waals surface area contributed by atoms with Crippen LogP contribution in [-0.4, -0.2) is 55.4 Å².